The van der Waals surface area contributed by atoms with Crippen molar-refractivity contribution in [3.05, 3.63) is 99.9 Å². The van der Waals surface area contributed by atoms with Gasteiger partial charge in [-0.2, -0.15) is 0 Å². The van der Waals surface area contributed by atoms with Crippen molar-refractivity contribution in [3.63, 3.8) is 0 Å². The van der Waals surface area contributed by atoms with Gasteiger partial charge in [-0.1, -0.05) is 53.8 Å². The minimum atomic E-state index is -0.623. The number of thiazole rings is 1. The van der Waals surface area contributed by atoms with Crippen LogP contribution >= 0.6 is 11.3 Å². The summed E-state index contributed by atoms with van der Waals surface area (Å²) in [6.45, 7) is 0. The zero-order chi connectivity index (χ0) is 21.8. The Bertz CT molecular complexity index is 1570. The van der Waals surface area contributed by atoms with Crippen molar-refractivity contribution < 1.29 is 13.9 Å². The highest BCUT2D eigenvalue weighted by Gasteiger charge is 2.44. The predicted molar refractivity (Wildman–Crippen MR) is 124 cm³/mol. The fraction of sp³-hybridized carbons (Fsp3) is 0.0800. The molecule has 1 aliphatic heterocycles. The van der Waals surface area contributed by atoms with E-state index in [9.17, 15) is 9.59 Å². The lowest BCUT2D eigenvalue weighted by Crippen LogP contribution is -2.29. The summed E-state index contributed by atoms with van der Waals surface area (Å²) < 4.78 is 12.2. The van der Waals surface area contributed by atoms with Gasteiger partial charge in [0, 0.05) is 0 Å². The van der Waals surface area contributed by atoms with Crippen molar-refractivity contribution in [2.24, 2.45) is 0 Å². The van der Waals surface area contributed by atoms with Crippen LogP contribution in [0.5, 0.6) is 5.75 Å². The number of rotatable bonds is 3. The Morgan fingerprint density at radius 2 is 1.78 bits per heavy atom. The van der Waals surface area contributed by atoms with Crippen LogP contribution in [-0.2, 0) is 0 Å². The molecule has 7 heteroatoms. The zero-order valence-corrected chi connectivity index (χ0v) is 17.8. The zero-order valence-electron chi connectivity index (χ0n) is 16.9. The maximum absolute atomic E-state index is 13.6. The lowest BCUT2D eigenvalue weighted by Gasteiger charge is -2.22. The van der Waals surface area contributed by atoms with E-state index in [1.165, 1.54) is 11.3 Å². The first-order chi connectivity index (χ1) is 15.7. The molecule has 0 spiro atoms. The predicted octanol–water partition coefficient (Wildman–Crippen LogP) is 5.16. The van der Waals surface area contributed by atoms with E-state index in [0.717, 1.165) is 15.8 Å². The number of hydrogen-bond acceptors (Lipinski definition) is 6. The first-order valence-electron chi connectivity index (χ1n) is 10.0. The van der Waals surface area contributed by atoms with Gasteiger partial charge >= 0.3 is 0 Å². The quantitative estimate of drug-likeness (QED) is 0.387. The van der Waals surface area contributed by atoms with Crippen molar-refractivity contribution in [1.82, 2.24) is 4.98 Å². The number of carbonyl (C=O) groups is 1. The van der Waals surface area contributed by atoms with E-state index < -0.39 is 6.04 Å². The number of anilines is 1. The molecule has 6 nitrogen and oxygen atoms in total. The van der Waals surface area contributed by atoms with Gasteiger partial charge in [-0.15, -0.1) is 0 Å². The lowest BCUT2D eigenvalue weighted by atomic mass is 9.99. The summed E-state index contributed by atoms with van der Waals surface area (Å²) in [5.41, 5.74) is 2.11. The average Bonchev–Trinajstić information content (AvgIpc) is 3.38. The highest BCUT2D eigenvalue weighted by atomic mass is 32.1. The Morgan fingerprint density at radius 3 is 2.59 bits per heavy atom. The molecule has 1 aliphatic rings. The van der Waals surface area contributed by atoms with Crippen LogP contribution < -0.4 is 15.1 Å². The molecule has 1 atom stereocenters. The van der Waals surface area contributed by atoms with Gasteiger partial charge in [0.15, 0.2) is 10.6 Å². The summed E-state index contributed by atoms with van der Waals surface area (Å²) in [5, 5.41) is 0.956. The van der Waals surface area contributed by atoms with Gasteiger partial charge in [-0.25, -0.2) is 4.98 Å². The van der Waals surface area contributed by atoms with Crippen LogP contribution in [0.1, 0.15) is 27.7 Å². The molecule has 156 valence electrons. The Labute approximate surface area is 186 Å². The van der Waals surface area contributed by atoms with E-state index in [4.69, 9.17) is 14.1 Å². The summed E-state index contributed by atoms with van der Waals surface area (Å²) in [4.78, 5) is 33.4. The molecule has 0 aliphatic carbocycles. The number of methoxy groups -OCH3 is 1. The molecular weight excluding hydrogens is 424 g/mol. The third kappa shape index (κ3) is 2.68. The third-order valence-electron chi connectivity index (χ3n) is 5.68. The van der Waals surface area contributed by atoms with Gasteiger partial charge in [-0.05, 0) is 35.9 Å². The summed E-state index contributed by atoms with van der Waals surface area (Å²) >= 11 is 1.38. The van der Waals surface area contributed by atoms with Crippen LogP contribution in [-0.4, -0.2) is 18.0 Å². The molecule has 32 heavy (non-hydrogen) atoms. The van der Waals surface area contributed by atoms with Crippen molar-refractivity contribution in [2.45, 2.75) is 6.04 Å². The number of nitrogens with zero attached hydrogens (tertiary/aromatic N) is 2. The fourth-order valence-electron chi connectivity index (χ4n) is 4.19. The van der Waals surface area contributed by atoms with E-state index in [-0.39, 0.29) is 17.1 Å². The SMILES string of the molecule is COc1ccc2nc(N3C(=O)c4oc5ccccc5c(=O)c4[C@H]3c3ccccc3)sc2c1. The summed E-state index contributed by atoms with van der Waals surface area (Å²) in [6, 6.07) is 21.5. The van der Waals surface area contributed by atoms with Crippen LogP contribution in [0, 0.1) is 0 Å². The molecule has 0 radical (unpaired) electrons. The molecule has 0 fully saturated rings. The molecule has 1 amide bonds. The molecule has 0 saturated heterocycles. The Balaban J connectivity index is 1.62. The molecule has 2 aromatic heterocycles. The number of benzene rings is 3. The number of fused-ring (bicyclic) bond motifs is 3. The van der Waals surface area contributed by atoms with E-state index in [2.05, 4.69) is 0 Å². The average molecular weight is 440 g/mol. The van der Waals surface area contributed by atoms with Gasteiger partial charge in [0.1, 0.15) is 11.3 Å². The van der Waals surface area contributed by atoms with Crippen molar-refractivity contribution in [3.8, 4) is 5.75 Å². The van der Waals surface area contributed by atoms with Gasteiger partial charge in [-0.3, -0.25) is 14.5 Å². The van der Waals surface area contributed by atoms with E-state index in [1.807, 2.05) is 48.5 Å². The monoisotopic (exact) mass is 440 g/mol. The van der Waals surface area contributed by atoms with Gasteiger partial charge in [0.25, 0.3) is 5.91 Å². The van der Waals surface area contributed by atoms with Crippen LogP contribution in [0.3, 0.4) is 0 Å². The van der Waals surface area contributed by atoms with E-state index >= 15 is 0 Å². The first kappa shape index (κ1) is 18.8. The Hall–Kier alpha value is -3.97. The van der Waals surface area contributed by atoms with E-state index in [0.29, 0.717) is 27.4 Å². The van der Waals surface area contributed by atoms with Crippen LogP contribution in [0.2, 0.25) is 0 Å². The highest BCUT2D eigenvalue weighted by Crippen LogP contribution is 2.43. The lowest BCUT2D eigenvalue weighted by molar-refractivity contribution is 0.0971. The first-order valence-corrected chi connectivity index (χ1v) is 10.9. The van der Waals surface area contributed by atoms with Crippen LogP contribution in [0.4, 0.5) is 5.13 Å². The maximum Gasteiger partial charge on any atom is 0.297 e. The second kappa shape index (κ2) is 7.03. The summed E-state index contributed by atoms with van der Waals surface area (Å²) in [6.07, 6.45) is 0. The summed E-state index contributed by atoms with van der Waals surface area (Å²) in [5.74, 6) is 0.411. The molecule has 5 aromatic rings. The normalized spacial score (nSPS) is 15.5. The minimum Gasteiger partial charge on any atom is -0.497 e. The van der Waals surface area contributed by atoms with Crippen molar-refractivity contribution in [2.75, 3.05) is 12.0 Å². The molecular formula is C25H16N2O4S. The van der Waals surface area contributed by atoms with Gasteiger partial charge in [0.2, 0.25) is 5.76 Å². The third-order valence-corrected chi connectivity index (χ3v) is 6.70. The second-order valence-electron chi connectivity index (χ2n) is 7.49. The van der Waals surface area contributed by atoms with Crippen molar-refractivity contribution >= 4 is 43.6 Å². The number of carbonyl (C=O) groups excluding carboxylic acids is 1. The van der Waals surface area contributed by atoms with Crippen LogP contribution in [0.25, 0.3) is 21.2 Å². The molecule has 6 rings (SSSR count). The molecule has 3 aromatic carbocycles. The highest BCUT2D eigenvalue weighted by molar-refractivity contribution is 7.22. The Kier molecular flexibility index (Phi) is 4.13. The number of aromatic nitrogens is 1. The molecule has 0 unspecified atom stereocenters. The second-order valence-corrected chi connectivity index (χ2v) is 8.50. The molecule has 0 N–H and O–H groups in total. The molecule has 3 heterocycles. The summed E-state index contributed by atoms with van der Waals surface area (Å²) in [7, 11) is 1.61. The maximum atomic E-state index is 13.6. The minimum absolute atomic E-state index is 0.0689. The van der Waals surface area contributed by atoms with Crippen molar-refractivity contribution in [1.29, 1.82) is 0 Å². The number of hydrogen-bond donors (Lipinski definition) is 0. The number of ether oxygens (including phenoxy) is 1. The number of para-hydroxylation sites is 1. The fourth-order valence-corrected chi connectivity index (χ4v) is 5.21. The van der Waals surface area contributed by atoms with Crippen LogP contribution in [0.15, 0.2) is 82.0 Å². The molecule has 0 saturated carbocycles. The van der Waals surface area contributed by atoms with Gasteiger partial charge in [0.05, 0.1) is 34.3 Å². The van der Waals surface area contributed by atoms with E-state index in [1.54, 1.807) is 36.3 Å². The largest absolute Gasteiger partial charge is 0.497 e. The molecule has 0 bridgehead atoms. The Morgan fingerprint density at radius 1 is 1.00 bits per heavy atom. The topological polar surface area (TPSA) is 72.6 Å². The van der Waals surface area contributed by atoms with Gasteiger partial charge < -0.3 is 9.15 Å². The number of amides is 1. The smallest absolute Gasteiger partial charge is 0.297 e. The standard InChI is InChI=1S/C25H16N2O4S/c1-30-15-11-12-17-19(13-15)32-25(26-17)27-21(14-7-3-2-4-8-14)20-22(28)16-9-5-6-10-18(16)31-23(20)24(27)29/h2-13,21H,1H3/t21-/m1/s1.